The Hall–Kier alpha value is -1.76. The first-order valence-electron chi connectivity index (χ1n) is 5.18. The quantitative estimate of drug-likeness (QED) is 0.863. The number of H-pyrrole nitrogens is 1. The van der Waals surface area contributed by atoms with Crippen LogP contribution in [0.1, 0.15) is 39.2 Å². The van der Waals surface area contributed by atoms with Crippen molar-refractivity contribution in [1.29, 1.82) is 0 Å². The van der Waals surface area contributed by atoms with Gasteiger partial charge in [-0.25, -0.2) is 9.97 Å². The van der Waals surface area contributed by atoms with Crippen LogP contribution >= 0.6 is 11.3 Å². The third kappa shape index (κ3) is 2.50. The van der Waals surface area contributed by atoms with Gasteiger partial charge in [-0.2, -0.15) is 5.10 Å². The Labute approximate surface area is 103 Å². The van der Waals surface area contributed by atoms with Crippen LogP contribution in [0, 0.1) is 13.8 Å². The molecular formula is C10H13N5OS. The summed E-state index contributed by atoms with van der Waals surface area (Å²) in [7, 11) is 0. The van der Waals surface area contributed by atoms with Crippen LogP contribution in [0.5, 0.6) is 0 Å². The van der Waals surface area contributed by atoms with Crippen LogP contribution in [-0.4, -0.2) is 26.1 Å². The third-order valence-corrected chi connectivity index (χ3v) is 3.37. The molecule has 2 aromatic rings. The minimum absolute atomic E-state index is 0.128. The van der Waals surface area contributed by atoms with Crippen LogP contribution in [0.15, 0.2) is 6.33 Å². The molecule has 0 saturated heterocycles. The number of aromatic nitrogens is 4. The lowest BCUT2D eigenvalue weighted by Crippen LogP contribution is -2.27. The summed E-state index contributed by atoms with van der Waals surface area (Å²) >= 11 is 1.39. The highest BCUT2D eigenvalue weighted by Gasteiger charge is 2.17. The summed E-state index contributed by atoms with van der Waals surface area (Å²) in [6, 6.07) is -0.202. The van der Waals surface area contributed by atoms with E-state index in [0.29, 0.717) is 10.7 Å². The highest BCUT2D eigenvalue weighted by molar-refractivity contribution is 7.13. The van der Waals surface area contributed by atoms with Crippen LogP contribution in [0.2, 0.25) is 0 Å². The SMILES string of the molecule is Cc1nc(C)c(C(=O)NC(C)c2ncn[nH]2)s1. The number of aryl methyl sites for hydroxylation is 2. The first-order valence-corrected chi connectivity index (χ1v) is 5.99. The first-order chi connectivity index (χ1) is 8.08. The van der Waals surface area contributed by atoms with E-state index in [2.05, 4.69) is 25.5 Å². The Morgan fingerprint density at radius 1 is 1.53 bits per heavy atom. The lowest BCUT2D eigenvalue weighted by Gasteiger charge is -2.09. The van der Waals surface area contributed by atoms with Crippen molar-refractivity contribution >= 4 is 17.2 Å². The zero-order valence-electron chi connectivity index (χ0n) is 9.81. The van der Waals surface area contributed by atoms with Crippen molar-refractivity contribution in [3.8, 4) is 0 Å². The summed E-state index contributed by atoms with van der Waals surface area (Å²) in [4.78, 5) is 20.8. The van der Waals surface area contributed by atoms with Gasteiger partial charge in [0.05, 0.1) is 16.7 Å². The Morgan fingerprint density at radius 2 is 2.29 bits per heavy atom. The lowest BCUT2D eigenvalue weighted by atomic mass is 10.3. The standard InChI is InChI=1S/C10H13N5OS/c1-5-8(17-7(3)13-5)10(16)14-6(2)9-11-4-12-15-9/h4,6H,1-3H3,(H,14,16)(H,11,12,15). The fourth-order valence-electron chi connectivity index (χ4n) is 1.50. The summed E-state index contributed by atoms with van der Waals surface area (Å²) in [5, 5.41) is 10.2. The van der Waals surface area contributed by atoms with Crippen LogP contribution in [0.25, 0.3) is 0 Å². The van der Waals surface area contributed by atoms with Crippen molar-refractivity contribution in [3.05, 3.63) is 27.7 Å². The molecule has 0 aliphatic carbocycles. The van der Waals surface area contributed by atoms with Crippen molar-refractivity contribution in [1.82, 2.24) is 25.5 Å². The second kappa shape index (κ2) is 4.62. The highest BCUT2D eigenvalue weighted by Crippen LogP contribution is 2.18. The molecule has 17 heavy (non-hydrogen) atoms. The molecule has 90 valence electrons. The zero-order valence-corrected chi connectivity index (χ0v) is 10.6. The summed E-state index contributed by atoms with van der Waals surface area (Å²) in [5.41, 5.74) is 0.759. The van der Waals surface area contributed by atoms with E-state index in [4.69, 9.17) is 0 Å². The van der Waals surface area contributed by atoms with Crippen molar-refractivity contribution < 1.29 is 4.79 Å². The van der Waals surface area contributed by atoms with E-state index in [1.807, 2.05) is 20.8 Å². The fourth-order valence-corrected chi connectivity index (χ4v) is 2.32. The van der Waals surface area contributed by atoms with E-state index in [1.165, 1.54) is 17.7 Å². The van der Waals surface area contributed by atoms with Crippen molar-refractivity contribution in [2.24, 2.45) is 0 Å². The predicted molar refractivity (Wildman–Crippen MR) is 63.9 cm³/mol. The monoisotopic (exact) mass is 251 g/mol. The van der Waals surface area contributed by atoms with Gasteiger partial charge in [0.1, 0.15) is 17.0 Å². The zero-order chi connectivity index (χ0) is 12.4. The van der Waals surface area contributed by atoms with Gasteiger partial charge in [-0.3, -0.25) is 9.89 Å². The number of nitrogens with one attached hydrogen (secondary N) is 2. The van der Waals surface area contributed by atoms with E-state index in [-0.39, 0.29) is 11.9 Å². The Bertz CT molecular complexity index is 519. The lowest BCUT2D eigenvalue weighted by molar-refractivity contribution is 0.0941. The molecular weight excluding hydrogens is 238 g/mol. The maximum absolute atomic E-state index is 12.0. The predicted octanol–water partition coefficient (Wildman–Crippen LogP) is 1.37. The molecule has 1 amide bonds. The number of nitrogens with zero attached hydrogens (tertiary/aromatic N) is 3. The summed E-state index contributed by atoms with van der Waals surface area (Å²) in [6.45, 7) is 5.56. The molecule has 2 rings (SSSR count). The molecule has 1 unspecified atom stereocenters. The maximum atomic E-state index is 12.0. The smallest absolute Gasteiger partial charge is 0.263 e. The van der Waals surface area contributed by atoms with Crippen molar-refractivity contribution in [3.63, 3.8) is 0 Å². The molecule has 0 fully saturated rings. The summed E-state index contributed by atoms with van der Waals surface area (Å²) < 4.78 is 0. The first kappa shape index (κ1) is 11.7. The number of aromatic amines is 1. The fraction of sp³-hybridized carbons (Fsp3) is 0.400. The molecule has 0 aliphatic heterocycles. The molecule has 2 N–H and O–H groups in total. The number of carbonyl (C=O) groups is 1. The molecule has 0 radical (unpaired) electrons. The summed E-state index contributed by atoms with van der Waals surface area (Å²) in [6.07, 6.45) is 1.42. The van der Waals surface area contributed by atoms with E-state index < -0.39 is 0 Å². The molecule has 0 bridgehead atoms. The van der Waals surface area contributed by atoms with E-state index in [1.54, 1.807) is 0 Å². The van der Waals surface area contributed by atoms with E-state index in [0.717, 1.165) is 10.7 Å². The van der Waals surface area contributed by atoms with E-state index >= 15 is 0 Å². The summed E-state index contributed by atoms with van der Waals surface area (Å²) in [5.74, 6) is 0.509. The maximum Gasteiger partial charge on any atom is 0.263 e. The van der Waals surface area contributed by atoms with Gasteiger partial charge < -0.3 is 5.32 Å². The molecule has 2 heterocycles. The molecule has 7 heteroatoms. The van der Waals surface area contributed by atoms with Gasteiger partial charge in [-0.05, 0) is 20.8 Å². The van der Waals surface area contributed by atoms with Crippen LogP contribution in [0.3, 0.4) is 0 Å². The average Bonchev–Trinajstić information content (AvgIpc) is 2.87. The Kier molecular flexibility index (Phi) is 3.19. The largest absolute Gasteiger partial charge is 0.342 e. The molecule has 1 atom stereocenters. The minimum Gasteiger partial charge on any atom is -0.342 e. The topological polar surface area (TPSA) is 83.6 Å². The number of rotatable bonds is 3. The Balaban J connectivity index is 2.09. The molecule has 0 spiro atoms. The van der Waals surface area contributed by atoms with Gasteiger partial charge in [0.25, 0.3) is 5.91 Å². The number of amides is 1. The van der Waals surface area contributed by atoms with Crippen molar-refractivity contribution in [2.75, 3.05) is 0 Å². The van der Waals surface area contributed by atoms with Gasteiger partial charge in [-0.15, -0.1) is 11.3 Å². The molecule has 0 aliphatic rings. The number of hydrogen-bond acceptors (Lipinski definition) is 5. The molecule has 0 saturated carbocycles. The van der Waals surface area contributed by atoms with Crippen molar-refractivity contribution in [2.45, 2.75) is 26.8 Å². The minimum atomic E-state index is -0.202. The molecule has 2 aromatic heterocycles. The Morgan fingerprint density at radius 3 is 2.82 bits per heavy atom. The van der Waals surface area contributed by atoms with Crippen LogP contribution in [-0.2, 0) is 0 Å². The number of hydrogen-bond donors (Lipinski definition) is 2. The average molecular weight is 251 g/mol. The molecule has 6 nitrogen and oxygen atoms in total. The normalized spacial score (nSPS) is 12.4. The van der Waals surface area contributed by atoms with Gasteiger partial charge >= 0.3 is 0 Å². The van der Waals surface area contributed by atoms with Gasteiger partial charge in [-0.1, -0.05) is 0 Å². The second-order valence-electron chi connectivity index (χ2n) is 3.71. The van der Waals surface area contributed by atoms with Gasteiger partial charge in [0.2, 0.25) is 0 Å². The third-order valence-electron chi connectivity index (χ3n) is 2.30. The number of thiazole rings is 1. The van der Waals surface area contributed by atoms with Crippen LogP contribution in [0.4, 0.5) is 0 Å². The van der Waals surface area contributed by atoms with Crippen LogP contribution < -0.4 is 5.32 Å². The van der Waals surface area contributed by atoms with E-state index in [9.17, 15) is 4.79 Å². The van der Waals surface area contributed by atoms with Gasteiger partial charge in [0, 0.05) is 0 Å². The number of carbonyl (C=O) groups excluding carboxylic acids is 1. The van der Waals surface area contributed by atoms with Gasteiger partial charge in [0.15, 0.2) is 0 Å². The highest BCUT2D eigenvalue weighted by atomic mass is 32.1. The second-order valence-corrected chi connectivity index (χ2v) is 4.92. The molecule has 0 aromatic carbocycles.